The average Bonchev–Trinajstić information content (AvgIpc) is 3.02. The van der Waals surface area contributed by atoms with Crippen LogP contribution in [0.3, 0.4) is 0 Å². The highest BCUT2D eigenvalue weighted by atomic mass is 32.1. The van der Waals surface area contributed by atoms with Crippen LogP contribution in [0.5, 0.6) is 0 Å². The molecule has 2 aromatic heterocycles. The number of thiophene rings is 2. The Morgan fingerprint density at radius 1 is 1.12 bits per heavy atom. The lowest BCUT2D eigenvalue weighted by Gasteiger charge is -2.13. The van der Waals surface area contributed by atoms with Crippen molar-refractivity contribution in [3.63, 3.8) is 0 Å². The number of hydrogen-bond acceptors (Lipinski definition) is 5. The van der Waals surface area contributed by atoms with Crippen LogP contribution in [-0.4, -0.2) is 23.3 Å². The third-order valence-corrected chi connectivity index (χ3v) is 4.15. The van der Waals surface area contributed by atoms with Crippen molar-refractivity contribution in [2.24, 2.45) is 0 Å². The summed E-state index contributed by atoms with van der Waals surface area (Å²) in [5.74, 6) is 0. The Bertz CT molecular complexity index is 373. The van der Waals surface area contributed by atoms with E-state index in [2.05, 4.69) is 5.32 Å². The minimum absolute atomic E-state index is 0.458. The first kappa shape index (κ1) is 12.7. The summed E-state index contributed by atoms with van der Waals surface area (Å²) < 4.78 is 0. The summed E-state index contributed by atoms with van der Waals surface area (Å²) >= 11 is 3.11. The van der Waals surface area contributed by atoms with Gasteiger partial charge in [0.2, 0.25) is 0 Å². The summed E-state index contributed by atoms with van der Waals surface area (Å²) in [5, 5.41) is 28.5. The third kappa shape index (κ3) is 3.62. The molecule has 2 atom stereocenters. The van der Waals surface area contributed by atoms with E-state index in [1.165, 1.54) is 11.3 Å². The van der Waals surface area contributed by atoms with Gasteiger partial charge in [0.25, 0.3) is 0 Å². The molecule has 3 N–H and O–H groups in total. The molecule has 2 aromatic rings. The maximum Gasteiger partial charge on any atom is 0.101 e. The molecule has 0 amide bonds. The van der Waals surface area contributed by atoms with Gasteiger partial charge in [0.05, 0.1) is 6.10 Å². The predicted octanol–water partition coefficient (Wildman–Crippen LogP) is 2.17. The third-order valence-electron chi connectivity index (χ3n) is 2.47. The van der Waals surface area contributed by atoms with E-state index in [0.717, 1.165) is 10.4 Å². The Labute approximate surface area is 108 Å². The molecular weight excluding hydrogens is 254 g/mol. The molecule has 0 fully saturated rings. The molecule has 0 aliphatic carbocycles. The molecule has 0 aliphatic rings. The minimum atomic E-state index is -0.503. The first-order valence-electron chi connectivity index (χ1n) is 5.39. The lowest BCUT2D eigenvalue weighted by Crippen LogP contribution is -2.26. The van der Waals surface area contributed by atoms with Crippen molar-refractivity contribution in [3.05, 3.63) is 44.8 Å². The molecule has 5 heteroatoms. The SMILES string of the molecule is OC(CNCC(O)c1cccs1)c1ccsc1. The van der Waals surface area contributed by atoms with Crippen LogP contribution in [0.15, 0.2) is 34.3 Å². The van der Waals surface area contributed by atoms with Crippen LogP contribution in [0.1, 0.15) is 22.6 Å². The Balaban J connectivity index is 1.73. The lowest BCUT2D eigenvalue weighted by atomic mass is 10.2. The lowest BCUT2D eigenvalue weighted by molar-refractivity contribution is 0.149. The molecule has 0 aromatic carbocycles. The average molecular weight is 269 g/mol. The Morgan fingerprint density at radius 2 is 1.94 bits per heavy atom. The number of aliphatic hydroxyl groups is 2. The zero-order chi connectivity index (χ0) is 12.1. The Hall–Kier alpha value is -0.720. The first-order chi connectivity index (χ1) is 8.27. The summed E-state index contributed by atoms with van der Waals surface area (Å²) in [6.45, 7) is 0.918. The second-order valence-corrected chi connectivity index (χ2v) is 5.52. The summed E-state index contributed by atoms with van der Waals surface area (Å²) in [6, 6.07) is 5.74. The van der Waals surface area contributed by atoms with Gasteiger partial charge in [0.1, 0.15) is 6.10 Å². The first-order valence-corrected chi connectivity index (χ1v) is 7.22. The van der Waals surface area contributed by atoms with Gasteiger partial charge in [-0.3, -0.25) is 0 Å². The van der Waals surface area contributed by atoms with Crippen molar-refractivity contribution in [1.82, 2.24) is 5.32 Å². The van der Waals surface area contributed by atoms with E-state index < -0.39 is 12.2 Å². The normalized spacial score (nSPS) is 14.7. The van der Waals surface area contributed by atoms with Crippen LogP contribution in [0.25, 0.3) is 0 Å². The molecule has 2 unspecified atom stereocenters. The number of hydrogen-bond donors (Lipinski definition) is 3. The highest BCUT2D eigenvalue weighted by molar-refractivity contribution is 7.10. The van der Waals surface area contributed by atoms with Crippen molar-refractivity contribution >= 4 is 22.7 Å². The molecule has 92 valence electrons. The highest BCUT2D eigenvalue weighted by Gasteiger charge is 2.10. The summed E-state index contributed by atoms with van der Waals surface area (Å²) in [7, 11) is 0. The number of aliphatic hydroxyl groups excluding tert-OH is 2. The van der Waals surface area contributed by atoms with E-state index in [-0.39, 0.29) is 0 Å². The van der Waals surface area contributed by atoms with Crippen LogP contribution in [0.2, 0.25) is 0 Å². The van der Waals surface area contributed by atoms with Crippen LogP contribution in [-0.2, 0) is 0 Å². The van der Waals surface area contributed by atoms with E-state index in [1.54, 1.807) is 11.3 Å². The van der Waals surface area contributed by atoms with E-state index in [0.29, 0.717) is 13.1 Å². The largest absolute Gasteiger partial charge is 0.387 e. The van der Waals surface area contributed by atoms with Gasteiger partial charge in [0.15, 0.2) is 0 Å². The summed E-state index contributed by atoms with van der Waals surface area (Å²) in [4.78, 5) is 0.947. The molecular formula is C12H15NO2S2. The van der Waals surface area contributed by atoms with Gasteiger partial charge in [-0.1, -0.05) is 6.07 Å². The zero-order valence-electron chi connectivity index (χ0n) is 9.24. The van der Waals surface area contributed by atoms with Crippen LogP contribution in [0.4, 0.5) is 0 Å². The van der Waals surface area contributed by atoms with Crippen molar-refractivity contribution in [2.75, 3.05) is 13.1 Å². The van der Waals surface area contributed by atoms with Crippen LogP contribution < -0.4 is 5.32 Å². The maximum absolute atomic E-state index is 9.82. The van der Waals surface area contributed by atoms with Crippen molar-refractivity contribution in [1.29, 1.82) is 0 Å². The Kier molecular flexibility index (Phi) is 4.70. The van der Waals surface area contributed by atoms with Gasteiger partial charge in [-0.2, -0.15) is 11.3 Å². The number of rotatable bonds is 6. The molecule has 3 nitrogen and oxygen atoms in total. The van der Waals surface area contributed by atoms with E-state index in [9.17, 15) is 10.2 Å². The molecule has 2 heterocycles. The predicted molar refractivity (Wildman–Crippen MR) is 71.4 cm³/mol. The molecule has 0 bridgehead atoms. The van der Waals surface area contributed by atoms with Gasteiger partial charge in [-0.05, 0) is 33.8 Å². The smallest absolute Gasteiger partial charge is 0.101 e. The summed E-state index contributed by atoms with van der Waals surface area (Å²) in [5.41, 5.74) is 0.924. The second kappa shape index (κ2) is 6.28. The fraction of sp³-hybridized carbons (Fsp3) is 0.333. The quantitative estimate of drug-likeness (QED) is 0.753. The van der Waals surface area contributed by atoms with Gasteiger partial charge in [-0.25, -0.2) is 0 Å². The van der Waals surface area contributed by atoms with Crippen molar-refractivity contribution in [2.45, 2.75) is 12.2 Å². The molecule has 0 saturated heterocycles. The minimum Gasteiger partial charge on any atom is -0.387 e. The molecule has 0 saturated carbocycles. The molecule has 0 radical (unpaired) electrons. The maximum atomic E-state index is 9.82. The van der Waals surface area contributed by atoms with E-state index >= 15 is 0 Å². The highest BCUT2D eigenvalue weighted by Crippen LogP contribution is 2.18. The fourth-order valence-electron chi connectivity index (χ4n) is 1.52. The monoisotopic (exact) mass is 269 g/mol. The number of nitrogens with one attached hydrogen (secondary N) is 1. The van der Waals surface area contributed by atoms with Crippen molar-refractivity contribution in [3.8, 4) is 0 Å². The molecule has 0 aliphatic heterocycles. The molecule has 2 rings (SSSR count). The van der Waals surface area contributed by atoms with Crippen LogP contribution in [0, 0.1) is 0 Å². The molecule has 0 spiro atoms. The van der Waals surface area contributed by atoms with Gasteiger partial charge < -0.3 is 15.5 Å². The van der Waals surface area contributed by atoms with Gasteiger partial charge in [-0.15, -0.1) is 11.3 Å². The van der Waals surface area contributed by atoms with E-state index in [4.69, 9.17) is 0 Å². The second-order valence-electron chi connectivity index (χ2n) is 3.76. The van der Waals surface area contributed by atoms with Gasteiger partial charge in [0, 0.05) is 18.0 Å². The van der Waals surface area contributed by atoms with Gasteiger partial charge >= 0.3 is 0 Å². The zero-order valence-corrected chi connectivity index (χ0v) is 10.9. The fourth-order valence-corrected chi connectivity index (χ4v) is 2.94. The Morgan fingerprint density at radius 3 is 2.59 bits per heavy atom. The summed E-state index contributed by atoms with van der Waals surface area (Å²) in [6.07, 6.45) is -0.999. The van der Waals surface area contributed by atoms with E-state index in [1.807, 2.05) is 34.3 Å². The topological polar surface area (TPSA) is 52.5 Å². The van der Waals surface area contributed by atoms with Crippen molar-refractivity contribution < 1.29 is 10.2 Å². The standard InChI is InChI=1S/C12H15NO2S2/c14-10(9-3-5-16-8-9)6-13-7-11(15)12-2-1-4-17-12/h1-5,8,10-11,13-15H,6-7H2. The molecule has 17 heavy (non-hydrogen) atoms. The van der Waals surface area contributed by atoms with Crippen LogP contribution >= 0.6 is 22.7 Å².